The lowest BCUT2D eigenvalue weighted by Gasteiger charge is -2.61. The van der Waals surface area contributed by atoms with Gasteiger partial charge in [0.1, 0.15) is 5.78 Å². The molecule has 0 aromatic rings. The predicted molar refractivity (Wildman–Crippen MR) is 84.1 cm³/mol. The Bertz CT molecular complexity index is 684. The van der Waals surface area contributed by atoms with Crippen LogP contribution in [0.5, 0.6) is 0 Å². The lowest BCUT2D eigenvalue weighted by molar-refractivity contribution is -0.177. The van der Waals surface area contributed by atoms with Crippen molar-refractivity contribution in [1.82, 2.24) is 0 Å². The predicted octanol–water partition coefficient (Wildman–Crippen LogP) is 2.93. The number of Topliss-reactive ketones (excluding diaryl/α,β-unsaturated/α-hetero) is 1. The highest BCUT2D eigenvalue weighted by atomic mass is 16.3. The number of carbonyl (C=O) groups is 1. The van der Waals surface area contributed by atoms with Gasteiger partial charge in [-0.25, -0.2) is 0 Å². The van der Waals surface area contributed by atoms with Gasteiger partial charge in [0, 0.05) is 19.7 Å². The SMILES string of the molecule is [2H]C1([2H])CC2[C@@H]3CC[C@H]4CC(=O)CC[C@]4(C)[C@@]3([2H])[C@@H](O)C([2H])([2H])[C@]2(C)[C@H]1O. The molecule has 4 rings (SSSR count). The molecule has 3 nitrogen and oxygen atoms in total. The van der Waals surface area contributed by atoms with Crippen LogP contribution in [-0.4, -0.2) is 28.2 Å². The lowest BCUT2D eigenvalue weighted by Crippen LogP contribution is -2.59. The fourth-order valence-electron chi connectivity index (χ4n) is 5.88. The molecule has 8 atom stereocenters. The van der Waals surface area contributed by atoms with Crippen molar-refractivity contribution in [3.05, 3.63) is 0 Å². The molecular formula is C19H30O3. The molecule has 0 heterocycles. The Labute approximate surface area is 140 Å². The fourth-order valence-corrected chi connectivity index (χ4v) is 5.88. The maximum absolute atomic E-state index is 12.0. The van der Waals surface area contributed by atoms with E-state index < -0.39 is 53.5 Å². The lowest BCUT2D eigenvalue weighted by atomic mass is 9.44. The molecule has 4 aliphatic carbocycles. The molecule has 4 saturated carbocycles. The third-order valence-corrected chi connectivity index (χ3v) is 7.28. The van der Waals surface area contributed by atoms with Crippen molar-refractivity contribution in [3.8, 4) is 0 Å². The molecule has 1 unspecified atom stereocenters. The zero-order valence-corrected chi connectivity index (χ0v) is 13.4. The highest BCUT2D eigenvalue weighted by Gasteiger charge is 2.62. The molecule has 0 aliphatic heterocycles. The first kappa shape index (κ1) is 10.5. The van der Waals surface area contributed by atoms with Crippen molar-refractivity contribution < 1.29 is 21.9 Å². The van der Waals surface area contributed by atoms with Gasteiger partial charge in [0.05, 0.1) is 12.2 Å². The molecule has 0 spiro atoms. The largest absolute Gasteiger partial charge is 0.393 e. The highest BCUT2D eigenvalue weighted by molar-refractivity contribution is 5.79. The second-order valence-corrected chi connectivity index (χ2v) is 8.24. The van der Waals surface area contributed by atoms with Crippen molar-refractivity contribution in [2.45, 2.75) is 77.3 Å². The summed E-state index contributed by atoms with van der Waals surface area (Å²) in [7, 11) is 0. The Morgan fingerprint density at radius 2 is 2.00 bits per heavy atom. The van der Waals surface area contributed by atoms with Crippen LogP contribution in [0.4, 0.5) is 0 Å². The van der Waals surface area contributed by atoms with Gasteiger partial charge in [-0.15, -0.1) is 0 Å². The van der Waals surface area contributed by atoms with Crippen LogP contribution in [0.3, 0.4) is 0 Å². The van der Waals surface area contributed by atoms with Crippen LogP contribution >= 0.6 is 0 Å². The van der Waals surface area contributed by atoms with E-state index in [0.29, 0.717) is 25.7 Å². The molecule has 0 amide bonds. The number of carbonyl (C=O) groups excluding carboxylic acids is 1. The topological polar surface area (TPSA) is 57.5 Å². The molecule has 2 N–H and O–H groups in total. The number of hydrogen-bond donors (Lipinski definition) is 2. The fraction of sp³-hybridized carbons (Fsp3) is 0.947. The van der Waals surface area contributed by atoms with Crippen molar-refractivity contribution >= 4 is 5.78 Å². The van der Waals surface area contributed by atoms with Crippen LogP contribution < -0.4 is 0 Å². The van der Waals surface area contributed by atoms with Crippen molar-refractivity contribution in [3.63, 3.8) is 0 Å². The summed E-state index contributed by atoms with van der Waals surface area (Å²) in [4.78, 5) is 12.0. The molecule has 0 saturated heterocycles. The first-order valence-corrected chi connectivity index (χ1v) is 8.62. The zero-order valence-electron chi connectivity index (χ0n) is 18.4. The standard InChI is InChI=1S/C19H30O3/c1-18-8-7-12(20)9-11(18)3-4-13-14-5-6-16(22)19(14,2)10-15(21)17(13)18/h11,13-17,21-22H,3-10H2,1-2H3/t11-,13-,14?,15-,16-,17+,18-,19-/m0/s1/i6D2,10D2,17D. The Kier molecular flexibility index (Phi) is 2.28. The second-order valence-electron chi connectivity index (χ2n) is 8.24. The minimum absolute atomic E-state index is 0.00186. The van der Waals surface area contributed by atoms with Crippen molar-refractivity contribution in [2.24, 2.45) is 34.5 Å². The summed E-state index contributed by atoms with van der Waals surface area (Å²) in [6, 6.07) is 0. The number of hydrogen-bond acceptors (Lipinski definition) is 3. The summed E-state index contributed by atoms with van der Waals surface area (Å²) in [6.07, 6.45) is -4.92. The minimum Gasteiger partial charge on any atom is -0.393 e. The first-order valence-electron chi connectivity index (χ1n) is 11.1. The molecule has 0 aromatic carbocycles. The molecule has 3 heteroatoms. The van der Waals surface area contributed by atoms with Gasteiger partial charge >= 0.3 is 0 Å². The van der Waals surface area contributed by atoms with Gasteiger partial charge in [0.15, 0.2) is 0 Å². The van der Waals surface area contributed by atoms with Gasteiger partial charge in [-0.05, 0) is 72.9 Å². The Morgan fingerprint density at radius 3 is 2.77 bits per heavy atom. The van der Waals surface area contributed by atoms with Crippen LogP contribution in [0.1, 0.15) is 72.0 Å². The van der Waals surface area contributed by atoms with Gasteiger partial charge in [-0.2, -0.15) is 0 Å². The Morgan fingerprint density at radius 1 is 1.23 bits per heavy atom. The van der Waals surface area contributed by atoms with Gasteiger partial charge < -0.3 is 10.2 Å². The van der Waals surface area contributed by atoms with E-state index in [1.165, 1.54) is 0 Å². The number of aliphatic hydroxyl groups excluding tert-OH is 2. The normalized spacial score (nSPS) is 69.2. The number of aliphatic hydroxyl groups is 2. The second kappa shape index (κ2) is 4.80. The maximum Gasteiger partial charge on any atom is 0.133 e. The van der Waals surface area contributed by atoms with Crippen LogP contribution in [0.25, 0.3) is 0 Å². The number of fused-ring (bicyclic) bond motifs is 5. The summed E-state index contributed by atoms with van der Waals surface area (Å²) >= 11 is 0. The molecule has 4 fully saturated rings. The van der Waals surface area contributed by atoms with Crippen molar-refractivity contribution in [1.29, 1.82) is 0 Å². The molecule has 0 bridgehead atoms. The monoisotopic (exact) mass is 311 g/mol. The third kappa shape index (κ3) is 1.84. The maximum atomic E-state index is 12.0. The summed E-state index contributed by atoms with van der Waals surface area (Å²) in [5.41, 5.74) is -2.14. The van der Waals surface area contributed by atoms with E-state index in [1.807, 2.05) is 6.92 Å². The van der Waals surface area contributed by atoms with Gasteiger partial charge in [-0.1, -0.05) is 13.8 Å². The Hall–Kier alpha value is -0.410. The molecule has 124 valence electrons. The van der Waals surface area contributed by atoms with Crippen LogP contribution in [0.15, 0.2) is 0 Å². The summed E-state index contributed by atoms with van der Waals surface area (Å²) < 4.78 is 43.4. The molecule has 0 aromatic heterocycles. The average Bonchev–Trinajstić information content (AvgIpc) is 2.77. The molecule has 22 heavy (non-hydrogen) atoms. The molecule has 4 aliphatic rings. The van der Waals surface area contributed by atoms with E-state index in [0.717, 1.165) is 6.42 Å². The van der Waals surface area contributed by atoms with Crippen LogP contribution in [-0.2, 0) is 4.79 Å². The van der Waals surface area contributed by atoms with Gasteiger partial charge in [-0.3, -0.25) is 4.79 Å². The molecule has 0 radical (unpaired) electrons. The zero-order chi connectivity index (χ0) is 20.2. The number of rotatable bonds is 0. The highest BCUT2D eigenvalue weighted by Crippen LogP contribution is 2.65. The summed E-state index contributed by atoms with van der Waals surface area (Å²) in [6.45, 7) is 3.47. The van der Waals surface area contributed by atoms with Gasteiger partial charge in [0.25, 0.3) is 0 Å². The average molecular weight is 311 g/mol. The van der Waals surface area contributed by atoms with E-state index >= 15 is 0 Å². The summed E-state index contributed by atoms with van der Waals surface area (Å²) in [5, 5.41) is 22.0. The van der Waals surface area contributed by atoms with Gasteiger partial charge in [0.2, 0.25) is 0 Å². The van der Waals surface area contributed by atoms with E-state index in [1.54, 1.807) is 6.92 Å². The van der Waals surface area contributed by atoms with E-state index in [9.17, 15) is 16.4 Å². The van der Waals surface area contributed by atoms with Crippen molar-refractivity contribution in [2.75, 3.05) is 0 Å². The number of ketones is 1. The Balaban J connectivity index is 1.88. The van der Waals surface area contributed by atoms with Crippen LogP contribution in [0.2, 0.25) is 0 Å². The smallest absolute Gasteiger partial charge is 0.133 e. The third-order valence-electron chi connectivity index (χ3n) is 7.28. The minimum atomic E-state index is -2.30. The van der Waals surface area contributed by atoms with E-state index in [-0.39, 0.29) is 18.1 Å². The molecular weight excluding hydrogens is 276 g/mol. The first-order chi connectivity index (χ1) is 12.2. The van der Waals surface area contributed by atoms with E-state index in [4.69, 9.17) is 5.48 Å². The van der Waals surface area contributed by atoms with Crippen LogP contribution in [0, 0.1) is 34.5 Å². The van der Waals surface area contributed by atoms with E-state index in [2.05, 4.69) is 0 Å². The quantitative estimate of drug-likeness (QED) is 0.723. The summed E-state index contributed by atoms with van der Waals surface area (Å²) in [5.74, 6) is -2.29.